The van der Waals surface area contributed by atoms with Crippen molar-refractivity contribution in [1.82, 2.24) is 18.5 Å². The Morgan fingerprint density at radius 1 is 0.340 bits per heavy atom. The highest BCUT2D eigenvalue weighted by Gasteiger charge is 2.23. The van der Waals surface area contributed by atoms with Gasteiger partial charge in [0, 0.05) is 27.6 Å². The zero-order valence-corrected chi connectivity index (χ0v) is 28.8. The van der Waals surface area contributed by atoms with Gasteiger partial charge in [0.25, 0.3) is 0 Å². The zero-order chi connectivity index (χ0) is 34.9. The molecule has 0 aliphatic heterocycles. The number of hydrogen-bond acceptors (Lipinski definition) is 1. The molecule has 0 atom stereocenters. The molecule has 0 amide bonds. The first-order valence-electron chi connectivity index (χ1n) is 18.1. The van der Waals surface area contributed by atoms with Crippen LogP contribution < -0.4 is 0 Å². The maximum atomic E-state index is 5.17. The SMILES string of the molecule is c1ccc(-c2cc(-c3ccccc3)c(-n3c4ccccc4c4cc(-n5c6ccccc6n6c7ccccc7nc56)ccc43)c(-c3ccccc3)c2)cc1. The van der Waals surface area contributed by atoms with Gasteiger partial charge in [0.05, 0.1) is 38.8 Å². The molecule has 3 aromatic heterocycles. The molecule has 11 rings (SSSR count). The van der Waals surface area contributed by atoms with Gasteiger partial charge in [0.2, 0.25) is 5.78 Å². The third-order valence-corrected chi connectivity index (χ3v) is 10.6. The van der Waals surface area contributed by atoms with Crippen LogP contribution in [0.5, 0.6) is 0 Å². The minimum absolute atomic E-state index is 0.907. The highest BCUT2D eigenvalue weighted by atomic mass is 15.2. The molecule has 53 heavy (non-hydrogen) atoms. The number of imidazole rings is 2. The van der Waals surface area contributed by atoms with Crippen LogP contribution in [0.1, 0.15) is 0 Å². The molecule has 0 saturated heterocycles. The van der Waals surface area contributed by atoms with E-state index in [0.29, 0.717) is 0 Å². The summed E-state index contributed by atoms with van der Waals surface area (Å²) in [6, 6.07) is 69.8. The Hall–Kier alpha value is -7.17. The second kappa shape index (κ2) is 11.7. The second-order valence-electron chi connectivity index (χ2n) is 13.6. The van der Waals surface area contributed by atoms with Crippen molar-refractivity contribution in [3.05, 3.63) is 194 Å². The first kappa shape index (κ1) is 29.5. The molecule has 11 aromatic rings. The van der Waals surface area contributed by atoms with Crippen molar-refractivity contribution in [1.29, 1.82) is 0 Å². The summed E-state index contributed by atoms with van der Waals surface area (Å²) in [7, 11) is 0. The Kier molecular flexibility index (Phi) is 6.52. The van der Waals surface area contributed by atoms with E-state index in [1.165, 1.54) is 44.2 Å². The summed E-state index contributed by atoms with van der Waals surface area (Å²) in [5.41, 5.74) is 16.0. The summed E-state index contributed by atoms with van der Waals surface area (Å²) in [6.07, 6.45) is 0. The van der Waals surface area contributed by atoms with E-state index in [9.17, 15) is 0 Å². The minimum atomic E-state index is 0.907. The highest BCUT2D eigenvalue weighted by molar-refractivity contribution is 6.11. The van der Waals surface area contributed by atoms with Crippen molar-refractivity contribution in [2.24, 2.45) is 0 Å². The van der Waals surface area contributed by atoms with E-state index in [1.807, 2.05) is 0 Å². The number of fused-ring (bicyclic) bond motifs is 8. The Balaban J connectivity index is 1.24. The van der Waals surface area contributed by atoms with Gasteiger partial charge in [-0.25, -0.2) is 4.98 Å². The van der Waals surface area contributed by atoms with Crippen molar-refractivity contribution in [2.45, 2.75) is 0 Å². The Morgan fingerprint density at radius 2 is 0.868 bits per heavy atom. The highest BCUT2D eigenvalue weighted by Crippen LogP contribution is 2.44. The molecule has 0 saturated carbocycles. The molecule has 8 aromatic carbocycles. The molecule has 248 valence electrons. The molecule has 4 heteroatoms. The van der Waals surface area contributed by atoms with Gasteiger partial charge in [0.1, 0.15) is 0 Å². The average Bonchev–Trinajstić information content (AvgIpc) is 3.88. The number of rotatable bonds is 5. The fourth-order valence-electron chi connectivity index (χ4n) is 8.29. The Morgan fingerprint density at radius 3 is 1.55 bits per heavy atom. The van der Waals surface area contributed by atoms with Crippen LogP contribution >= 0.6 is 0 Å². The lowest BCUT2D eigenvalue weighted by molar-refractivity contribution is 1.11. The summed E-state index contributed by atoms with van der Waals surface area (Å²) >= 11 is 0. The standard InChI is InChI=1S/C49H32N4/c1-4-16-33(17-5-1)36-30-39(34-18-6-2-7-19-34)48(40(31-36)35-20-8-3-9-21-35)52-43-24-12-10-22-38(43)41-32-37(28-29-44(41)52)51-46-26-14-15-27-47(46)53-45-25-13-11-23-42(45)50-49(51)53/h1-32H. The van der Waals surface area contributed by atoms with Crippen LogP contribution in [0.3, 0.4) is 0 Å². The largest absolute Gasteiger partial charge is 0.308 e. The molecule has 0 aliphatic rings. The molecular formula is C49H32N4. The van der Waals surface area contributed by atoms with Gasteiger partial charge in [-0.15, -0.1) is 0 Å². The predicted molar refractivity (Wildman–Crippen MR) is 220 cm³/mol. The van der Waals surface area contributed by atoms with E-state index < -0.39 is 0 Å². The second-order valence-corrected chi connectivity index (χ2v) is 13.6. The molecule has 0 spiro atoms. The molecule has 0 bridgehead atoms. The minimum Gasteiger partial charge on any atom is -0.308 e. The van der Waals surface area contributed by atoms with E-state index in [4.69, 9.17) is 4.98 Å². The van der Waals surface area contributed by atoms with E-state index in [0.717, 1.165) is 50.3 Å². The van der Waals surface area contributed by atoms with Gasteiger partial charge < -0.3 is 4.57 Å². The quantitative estimate of drug-likeness (QED) is 0.178. The monoisotopic (exact) mass is 676 g/mol. The molecular weight excluding hydrogens is 645 g/mol. The fraction of sp³-hybridized carbons (Fsp3) is 0. The lowest BCUT2D eigenvalue weighted by Gasteiger charge is -2.21. The van der Waals surface area contributed by atoms with Crippen LogP contribution in [-0.4, -0.2) is 18.5 Å². The van der Waals surface area contributed by atoms with E-state index in [1.54, 1.807) is 0 Å². The van der Waals surface area contributed by atoms with Crippen LogP contribution in [-0.2, 0) is 0 Å². The summed E-state index contributed by atoms with van der Waals surface area (Å²) in [6.45, 7) is 0. The first-order chi connectivity index (χ1) is 26.3. The molecule has 0 fully saturated rings. The van der Waals surface area contributed by atoms with Crippen LogP contribution in [0.4, 0.5) is 0 Å². The average molecular weight is 677 g/mol. The summed E-state index contributed by atoms with van der Waals surface area (Å²) < 4.78 is 7.08. The van der Waals surface area contributed by atoms with Crippen molar-refractivity contribution in [3.8, 4) is 44.8 Å². The number of aromatic nitrogens is 4. The maximum absolute atomic E-state index is 5.17. The summed E-state index contributed by atoms with van der Waals surface area (Å²) in [4.78, 5) is 5.17. The Bertz CT molecular complexity index is 3090. The van der Waals surface area contributed by atoms with E-state index in [-0.39, 0.29) is 0 Å². The number of para-hydroxylation sites is 5. The molecule has 0 radical (unpaired) electrons. The lowest BCUT2D eigenvalue weighted by atomic mass is 9.90. The molecule has 0 aliphatic carbocycles. The number of nitrogens with zero attached hydrogens (tertiary/aromatic N) is 4. The number of hydrogen-bond donors (Lipinski definition) is 0. The van der Waals surface area contributed by atoms with Gasteiger partial charge in [0.15, 0.2) is 0 Å². The van der Waals surface area contributed by atoms with E-state index >= 15 is 0 Å². The Labute approximate surface area is 306 Å². The van der Waals surface area contributed by atoms with Gasteiger partial charge in [-0.3, -0.25) is 8.97 Å². The molecule has 0 N–H and O–H groups in total. The normalized spacial score (nSPS) is 11.8. The summed E-state index contributed by atoms with van der Waals surface area (Å²) in [5.74, 6) is 0.907. The third-order valence-electron chi connectivity index (χ3n) is 10.6. The van der Waals surface area contributed by atoms with Gasteiger partial charge in [-0.1, -0.05) is 133 Å². The van der Waals surface area contributed by atoms with Crippen LogP contribution in [0.25, 0.3) is 94.4 Å². The van der Waals surface area contributed by atoms with Crippen molar-refractivity contribution in [3.63, 3.8) is 0 Å². The number of benzene rings is 8. The smallest absolute Gasteiger partial charge is 0.220 e. The molecule has 3 heterocycles. The van der Waals surface area contributed by atoms with Crippen molar-refractivity contribution in [2.75, 3.05) is 0 Å². The van der Waals surface area contributed by atoms with Gasteiger partial charge >= 0.3 is 0 Å². The van der Waals surface area contributed by atoms with E-state index in [2.05, 4.69) is 208 Å². The van der Waals surface area contributed by atoms with Crippen LogP contribution in [0.15, 0.2) is 194 Å². The van der Waals surface area contributed by atoms with Crippen LogP contribution in [0.2, 0.25) is 0 Å². The third kappa shape index (κ3) is 4.52. The predicted octanol–water partition coefficient (Wildman–Crippen LogP) is 12.5. The first-order valence-corrected chi connectivity index (χ1v) is 18.1. The fourth-order valence-corrected chi connectivity index (χ4v) is 8.29. The topological polar surface area (TPSA) is 27.2 Å². The summed E-state index contributed by atoms with van der Waals surface area (Å²) in [5, 5.41) is 2.39. The van der Waals surface area contributed by atoms with Crippen molar-refractivity contribution < 1.29 is 0 Å². The lowest BCUT2D eigenvalue weighted by Crippen LogP contribution is -2.02. The van der Waals surface area contributed by atoms with Crippen molar-refractivity contribution >= 4 is 49.7 Å². The van der Waals surface area contributed by atoms with Gasteiger partial charge in [-0.05, 0) is 82.9 Å². The van der Waals surface area contributed by atoms with Crippen LogP contribution in [0, 0.1) is 0 Å². The molecule has 4 nitrogen and oxygen atoms in total. The molecule has 0 unspecified atom stereocenters. The maximum Gasteiger partial charge on any atom is 0.220 e. The van der Waals surface area contributed by atoms with Gasteiger partial charge in [-0.2, -0.15) is 0 Å². The zero-order valence-electron chi connectivity index (χ0n) is 28.8.